The molecule has 0 aromatic heterocycles. The molecule has 0 bridgehead atoms. The first kappa shape index (κ1) is 23.8. The zero-order valence-electron chi connectivity index (χ0n) is 20.1. The quantitative estimate of drug-likeness (QED) is 0.436. The average molecular weight is 434 g/mol. The molecule has 1 spiro atoms. The van der Waals surface area contributed by atoms with Gasteiger partial charge in [-0.05, 0) is 80.5 Å². The minimum atomic E-state index is -0.239. The van der Waals surface area contributed by atoms with Crippen LogP contribution in [0.4, 0.5) is 10.1 Å². The predicted molar refractivity (Wildman–Crippen MR) is 136 cm³/mol. The Morgan fingerprint density at radius 3 is 2.41 bits per heavy atom. The van der Waals surface area contributed by atoms with Crippen LogP contribution in [0.15, 0.2) is 60.1 Å². The second-order valence-corrected chi connectivity index (χ2v) is 9.56. The lowest BCUT2D eigenvalue weighted by atomic mass is 9.58. The van der Waals surface area contributed by atoms with Gasteiger partial charge in [-0.15, -0.1) is 0 Å². The molecule has 2 fully saturated rings. The molecule has 2 N–H and O–H groups in total. The van der Waals surface area contributed by atoms with E-state index >= 15 is 0 Å². The zero-order valence-corrected chi connectivity index (χ0v) is 20.1. The van der Waals surface area contributed by atoms with Crippen molar-refractivity contribution in [3.8, 4) is 0 Å². The van der Waals surface area contributed by atoms with E-state index in [4.69, 9.17) is 5.73 Å². The van der Waals surface area contributed by atoms with Crippen LogP contribution in [0.3, 0.4) is 0 Å². The smallest absolute Gasteiger partial charge is 0.132 e. The molecule has 4 heteroatoms. The third kappa shape index (κ3) is 5.29. The van der Waals surface area contributed by atoms with Crippen LogP contribution < -0.4 is 5.73 Å². The Hall–Kier alpha value is -2.88. The van der Waals surface area contributed by atoms with Gasteiger partial charge in [0.2, 0.25) is 0 Å². The van der Waals surface area contributed by atoms with Crippen molar-refractivity contribution in [1.82, 2.24) is 4.90 Å². The van der Waals surface area contributed by atoms with Crippen LogP contribution in [-0.2, 0) is 0 Å². The van der Waals surface area contributed by atoms with Crippen LogP contribution in [0.1, 0.15) is 50.3 Å². The maximum atomic E-state index is 13.7. The number of nitrogens with two attached hydrogens (primary N) is 1. The maximum absolute atomic E-state index is 13.7. The number of halogens is 1. The number of nitrogens with zero attached hydrogens (tertiary/aromatic N) is 2. The lowest BCUT2D eigenvalue weighted by Gasteiger charge is -2.60. The molecule has 1 saturated heterocycles. The summed E-state index contributed by atoms with van der Waals surface area (Å²) in [6.45, 7) is 14.6. The first-order valence-corrected chi connectivity index (χ1v) is 11.3. The minimum Gasteiger partial charge on any atom is -0.399 e. The first-order chi connectivity index (χ1) is 15.1. The van der Waals surface area contributed by atoms with Gasteiger partial charge in [0.15, 0.2) is 0 Å². The van der Waals surface area contributed by atoms with E-state index in [1.165, 1.54) is 35.6 Å². The molecular weight excluding hydrogens is 397 g/mol. The van der Waals surface area contributed by atoms with Gasteiger partial charge in [0.1, 0.15) is 5.82 Å². The Labute approximate surface area is 192 Å². The molecule has 0 amide bonds. The standard InChI is InChI=1S/C15H19FN2.C13H17N/c1-10-6-15(7-10)8-18(9-15)11(2)13-5-12(17)3-4-14(13)16;1-10-7-5-6-8-13(10)11(2)9-12(3)14-4/h3-5,10H,2,6-9,17H2,1H3;5-9H,1-4H3/b;11-9+,14-12?. The lowest BCUT2D eigenvalue weighted by molar-refractivity contribution is -0.0588. The molecule has 1 aliphatic carbocycles. The van der Waals surface area contributed by atoms with Crippen molar-refractivity contribution in [1.29, 1.82) is 0 Å². The van der Waals surface area contributed by atoms with Crippen LogP contribution in [-0.4, -0.2) is 30.7 Å². The van der Waals surface area contributed by atoms with Crippen molar-refractivity contribution in [2.24, 2.45) is 16.3 Å². The van der Waals surface area contributed by atoms with Crippen molar-refractivity contribution in [3.63, 3.8) is 0 Å². The van der Waals surface area contributed by atoms with Gasteiger partial charge < -0.3 is 10.6 Å². The van der Waals surface area contributed by atoms with Crippen LogP contribution >= 0.6 is 0 Å². The summed E-state index contributed by atoms with van der Waals surface area (Å²) >= 11 is 0. The number of hydrogen-bond acceptors (Lipinski definition) is 3. The van der Waals surface area contributed by atoms with Gasteiger partial charge in [0.25, 0.3) is 0 Å². The van der Waals surface area contributed by atoms with E-state index in [2.05, 4.69) is 67.6 Å². The van der Waals surface area contributed by atoms with E-state index in [9.17, 15) is 4.39 Å². The summed E-state index contributed by atoms with van der Waals surface area (Å²) in [7, 11) is 1.82. The Morgan fingerprint density at radius 2 is 1.81 bits per heavy atom. The van der Waals surface area contributed by atoms with Gasteiger partial charge in [-0.25, -0.2) is 4.39 Å². The van der Waals surface area contributed by atoms with Gasteiger partial charge in [-0.3, -0.25) is 4.99 Å². The molecule has 0 radical (unpaired) electrons. The molecule has 2 aliphatic rings. The monoisotopic (exact) mass is 433 g/mol. The molecule has 170 valence electrons. The molecule has 3 nitrogen and oxygen atoms in total. The Kier molecular flexibility index (Phi) is 7.22. The van der Waals surface area contributed by atoms with Gasteiger partial charge in [-0.1, -0.05) is 37.8 Å². The Morgan fingerprint density at radius 1 is 1.16 bits per heavy atom. The van der Waals surface area contributed by atoms with Crippen molar-refractivity contribution in [2.45, 2.75) is 40.5 Å². The fourth-order valence-electron chi connectivity index (χ4n) is 5.04. The van der Waals surface area contributed by atoms with Crippen molar-refractivity contribution < 1.29 is 4.39 Å². The van der Waals surface area contributed by atoms with E-state index in [0.29, 0.717) is 16.7 Å². The fraction of sp³-hybridized carbons (Fsp3) is 0.393. The summed E-state index contributed by atoms with van der Waals surface area (Å²) in [5, 5.41) is 0. The number of aryl methyl sites for hydroxylation is 1. The van der Waals surface area contributed by atoms with Gasteiger partial charge in [0, 0.05) is 48.2 Å². The third-order valence-electron chi connectivity index (χ3n) is 6.65. The number of aliphatic imine (C=N–C) groups is 1. The van der Waals surface area contributed by atoms with Crippen LogP contribution in [0.25, 0.3) is 11.3 Å². The minimum absolute atomic E-state index is 0.239. The van der Waals surface area contributed by atoms with Gasteiger partial charge in [0.05, 0.1) is 0 Å². The average Bonchev–Trinajstić information content (AvgIpc) is 2.71. The van der Waals surface area contributed by atoms with E-state index in [1.807, 2.05) is 14.0 Å². The third-order valence-corrected chi connectivity index (χ3v) is 6.65. The summed E-state index contributed by atoms with van der Waals surface area (Å²) in [5.41, 5.74) is 13.0. The van der Waals surface area contributed by atoms with Gasteiger partial charge >= 0.3 is 0 Å². The number of anilines is 1. The van der Waals surface area contributed by atoms with Crippen LogP contribution in [0.2, 0.25) is 0 Å². The molecule has 1 saturated carbocycles. The lowest BCUT2D eigenvalue weighted by Crippen LogP contribution is -2.60. The fourth-order valence-corrected chi connectivity index (χ4v) is 5.04. The van der Waals surface area contributed by atoms with Crippen molar-refractivity contribution >= 4 is 22.7 Å². The Bertz CT molecular complexity index is 1040. The highest BCUT2D eigenvalue weighted by Crippen LogP contribution is 2.53. The molecule has 4 rings (SSSR count). The molecule has 0 atom stereocenters. The highest BCUT2D eigenvalue weighted by molar-refractivity contribution is 5.99. The molecule has 1 heterocycles. The van der Waals surface area contributed by atoms with Crippen LogP contribution in [0.5, 0.6) is 0 Å². The van der Waals surface area contributed by atoms with E-state index in [0.717, 1.165) is 30.4 Å². The molecule has 1 aliphatic heterocycles. The normalized spacial score (nSPS) is 17.9. The van der Waals surface area contributed by atoms with E-state index < -0.39 is 0 Å². The number of rotatable bonds is 4. The van der Waals surface area contributed by atoms with E-state index in [-0.39, 0.29) is 5.82 Å². The summed E-state index contributed by atoms with van der Waals surface area (Å²) in [6, 6.07) is 13.1. The largest absolute Gasteiger partial charge is 0.399 e. The Balaban J connectivity index is 0.000000188. The molecule has 2 aromatic rings. The maximum Gasteiger partial charge on any atom is 0.132 e. The molecule has 0 unspecified atom stereocenters. The summed E-state index contributed by atoms with van der Waals surface area (Å²) in [6.07, 6.45) is 4.72. The zero-order chi connectivity index (χ0) is 23.5. The number of nitrogen functional groups attached to an aromatic ring is 1. The van der Waals surface area contributed by atoms with Crippen molar-refractivity contribution in [2.75, 3.05) is 25.9 Å². The summed E-state index contributed by atoms with van der Waals surface area (Å²) < 4.78 is 13.7. The first-order valence-electron chi connectivity index (χ1n) is 11.3. The highest BCUT2D eigenvalue weighted by atomic mass is 19.1. The number of hydrogen-bond donors (Lipinski definition) is 1. The number of likely N-dealkylation sites (tertiary alicyclic amines) is 1. The number of benzene rings is 2. The highest BCUT2D eigenvalue weighted by Gasteiger charge is 2.51. The second kappa shape index (κ2) is 9.72. The molecule has 2 aromatic carbocycles. The molecule has 32 heavy (non-hydrogen) atoms. The summed E-state index contributed by atoms with van der Waals surface area (Å²) in [5.74, 6) is 0.613. The SMILES string of the molecule is C=C(c1cc(N)ccc1F)N1CC2(CC(C)C2)C1.CN=C(C)/C=C(\C)c1ccccc1C. The molecular formula is C28H36FN3. The van der Waals surface area contributed by atoms with Crippen molar-refractivity contribution in [3.05, 3.63) is 77.6 Å². The predicted octanol–water partition coefficient (Wildman–Crippen LogP) is 6.60. The number of allylic oxidation sites excluding steroid dienone is 2. The van der Waals surface area contributed by atoms with E-state index in [1.54, 1.807) is 12.1 Å². The van der Waals surface area contributed by atoms with Crippen LogP contribution in [0, 0.1) is 24.1 Å². The topological polar surface area (TPSA) is 41.6 Å². The van der Waals surface area contributed by atoms with Gasteiger partial charge in [-0.2, -0.15) is 0 Å². The second-order valence-electron chi connectivity index (χ2n) is 9.56. The summed E-state index contributed by atoms with van der Waals surface area (Å²) in [4.78, 5) is 6.29.